The van der Waals surface area contributed by atoms with Crippen molar-refractivity contribution in [1.82, 2.24) is 24.7 Å². The third kappa shape index (κ3) is 5.18. The van der Waals surface area contributed by atoms with Crippen molar-refractivity contribution in [3.05, 3.63) is 59.3 Å². The smallest absolute Gasteiger partial charge is 0.256 e. The van der Waals surface area contributed by atoms with Crippen LogP contribution in [0.2, 0.25) is 0 Å². The normalized spacial score (nSPS) is 19.0. The van der Waals surface area contributed by atoms with E-state index in [2.05, 4.69) is 28.3 Å². The highest BCUT2D eigenvalue weighted by molar-refractivity contribution is 5.99. The summed E-state index contributed by atoms with van der Waals surface area (Å²) in [5.74, 6) is 0.595. The monoisotopic (exact) mass is 505 g/mol. The number of nitrogens with one attached hydrogen (secondary N) is 1. The minimum Gasteiger partial charge on any atom is -0.339 e. The molecule has 2 aliphatic heterocycles. The first-order valence-corrected chi connectivity index (χ1v) is 13.2. The quantitative estimate of drug-likeness (QED) is 0.531. The van der Waals surface area contributed by atoms with E-state index in [1.54, 1.807) is 18.0 Å². The van der Waals surface area contributed by atoms with Crippen molar-refractivity contribution >= 4 is 22.6 Å². The van der Waals surface area contributed by atoms with Crippen LogP contribution in [-0.2, 0) is 11.2 Å². The van der Waals surface area contributed by atoms with Crippen LogP contribution in [0, 0.1) is 24.6 Å². The highest BCUT2D eigenvalue weighted by Gasteiger charge is 2.31. The SMILES string of the molecule is Cc1cncc2c1c(CC1CN(CC3CNCC(=O)C3)C1)cn2-c1ccc(F)cc1C(=O)N(C)C(C)C. The maximum atomic E-state index is 14.3. The first kappa shape index (κ1) is 25.5. The molecular formula is C29H36FN5O2. The molecule has 196 valence electrons. The van der Waals surface area contributed by atoms with Gasteiger partial charge in [0.1, 0.15) is 11.6 Å². The van der Waals surface area contributed by atoms with Gasteiger partial charge in [0, 0.05) is 63.5 Å². The molecule has 1 N–H and O–H groups in total. The number of rotatable bonds is 7. The third-order valence-corrected chi connectivity index (χ3v) is 7.85. The second kappa shape index (κ2) is 10.3. The summed E-state index contributed by atoms with van der Waals surface area (Å²) < 4.78 is 16.3. The number of pyridine rings is 1. The second-order valence-corrected chi connectivity index (χ2v) is 11.1. The Kier molecular flexibility index (Phi) is 7.14. The second-order valence-electron chi connectivity index (χ2n) is 11.1. The lowest BCUT2D eigenvalue weighted by Crippen LogP contribution is -2.51. The number of Topliss-reactive ketones (excluding diaryl/α,β-unsaturated/α-hetero) is 1. The van der Waals surface area contributed by atoms with Gasteiger partial charge in [0.05, 0.1) is 29.5 Å². The van der Waals surface area contributed by atoms with Crippen LogP contribution in [-0.4, -0.2) is 76.9 Å². The van der Waals surface area contributed by atoms with E-state index in [0.29, 0.717) is 41.8 Å². The molecule has 8 heteroatoms. The lowest BCUT2D eigenvalue weighted by atomic mass is 9.89. The van der Waals surface area contributed by atoms with E-state index in [9.17, 15) is 14.0 Å². The molecule has 2 aromatic heterocycles. The van der Waals surface area contributed by atoms with Gasteiger partial charge in [-0.15, -0.1) is 0 Å². The summed E-state index contributed by atoms with van der Waals surface area (Å²) in [6.45, 7) is 10.4. The van der Waals surface area contributed by atoms with Gasteiger partial charge >= 0.3 is 0 Å². The predicted octanol–water partition coefficient (Wildman–Crippen LogP) is 3.61. The summed E-state index contributed by atoms with van der Waals surface area (Å²) in [6.07, 6.45) is 7.40. The van der Waals surface area contributed by atoms with Crippen LogP contribution in [0.25, 0.3) is 16.6 Å². The van der Waals surface area contributed by atoms with Gasteiger partial charge in [-0.3, -0.25) is 14.6 Å². The first-order valence-electron chi connectivity index (χ1n) is 13.2. The predicted molar refractivity (Wildman–Crippen MR) is 143 cm³/mol. The average Bonchev–Trinajstić information content (AvgIpc) is 3.21. The summed E-state index contributed by atoms with van der Waals surface area (Å²) in [7, 11) is 1.74. The number of piperidine rings is 1. The Hall–Kier alpha value is -3.10. The number of carbonyl (C=O) groups is 2. The topological polar surface area (TPSA) is 70.5 Å². The molecule has 5 rings (SSSR count). The Morgan fingerprint density at radius 2 is 2.03 bits per heavy atom. The Labute approximate surface area is 217 Å². The van der Waals surface area contributed by atoms with Gasteiger partial charge in [-0.25, -0.2) is 4.39 Å². The summed E-state index contributed by atoms with van der Waals surface area (Å²) in [5, 5.41) is 4.38. The largest absolute Gasteiger partial charge is 0.339 e. The van der Waals surface area contributed by atoms with Crippen LogP contribution in [0.1, 0.15) is 41.8 Å². The summed E-state index contributed by atoms with van der Waals surface area (Å²) >= 11 is 0. The molecular weight excluding hydrogens is 469 g/mol. The van der Waals surface area contributed by atoms with Crippen molar-refractivity contribution in [2.75, 3.05) is 39.8 Å². The zero-order valence-electron chi connectivity index (χ0n) is 22.1. The van der Waals surface area contributed by atoms with Crippen LogP contribution < -0.4 is 5.32 Å². The zero-order chi connectivity index (χ0) is 26.3. The fourth-order valence-electron chi connectivity index (χ4n) is 5.75. The highest BCUT2D eigenvalue weighted by atomic mass is 19.1. The summed E-state index contributed by atoms with van der Waals surface area (Å²) in [6, 6.07) is 4.42. The fraction of sp³-hybridized carbons (Fsp3) is 0.483. The van der Waals surface area contributed by atoms with Crippen LogP contribution in [0.15, 0.2) is 36.8 Å². The van der Waals surface area contributed by atoms with Gasteiger partial charge in [0.25, 0.3) is 5.91 Å². The van der Waals surface area contributed by atoms with Crippen molar-refractivity contribution in [2.45, 2.75) is 39.7 Å². The van der Waals surface area contributed by atoms with Crippen LogP contribution in [0.4, 0.5) is 4.39 Å². The lowest BCUT2D eigenvalue weighted by Gasteiger charge is -2.41. The van der Waals surface area contributed by atoms with E-state index in [4.69, 9.17) is 0 Å². The number of fused-ring (bicyclic) bond motifs is 1. The van der Waals surface area contributed by atoms with Crippen molar-refractivity contribution in [3.63, 3.8) is 0 Å². The number of hydrogen-bond donors (Lipinski definition) is 1. The molecule has 1 aromatic carbocycles. The van der Waals surface area contributed by atoms with Crippen molar-refractivity contribution in [2.24, 2.45) is 11.8 Å². The average molecular weight is 506 g/mol. The van der Waals surface area contributed by atoms with Gasteiger partial charge in [-0.2, -0.15) is 0 Å². The van der Waals surface area contributed by atoms with Gasteiger partial charge in [-0.1, -0.05) is 0 Å². The van der Waals surface area contributed by atoms with Gasteiger partial charge in [0.2, 0.25) is 0 Å². The number of aryl methyl sites for hydroxylation is 1. The van der Waals surface area contributed by atoms with Crippen molar-refractivity contribution < 1.29 is 14.0 Å². The van der Waals surface area contributed by atoms with E-state index in [1.807, 2.05) is 30.8 Å². The van der Waals surface area contributed by atoms with Crippen molar-refractivity contribution in [1.29, 1.82) is 0 Å². The molecule has 0 saturated carbocycles. The van der Waals surface area contributed by atoms with E-state index in [0.717, 1.165) is 49.1 Å². The molecule has 2 aliphatic rings. The molecule has 1 unspecified atom stereocenters. The van der Waals surface area contributed by atoms with E-state index >= 15 is 0 Å². The molecule has 2 fully saturated rings. The molecule has 1 atom stereocenters. The number of aromatic nitrogens is 2. The van der Waals surface area contributed by atoms with E-state index < -0.39 is 5.82 Å². The molecule has 0 aliphatic carbocycles. The number of benzene rings is 1. The van der Waals surface area contributed by atoms with Crippen molar-refractivity contribution in [3.8, 4) is 5.69 Å². The Morgan fingerprint density at radius 1 is 1.24 bits per heavy atom. The maximum absolute atomic E-state index is 14.3. The Morgan fingerprint density at radius 3 is 2.76 bits per heavy atom. The van der Waals surface area contributed by atoms with Crippen LogP contribution in [0.3, 0.4) is 0 Å². The zero-order valence-corrected chi connectivity index (χ0v) is 22.1. The molecule has 4 heterocycles. The number of nitrogens with zero attached hydrogens (tertiary/aromatic N) is 4. The fourth-order valence-corrected chi connectivity index (χ4v) is 5.75. The number of carbonyl (C=O) groups excluding carboxylic acids is 2. The minimum absolute atomic E-state index is 0.00595. The van der Waals surface area contributed by atoms with E-state index in [-0.39, 0.29) is 11.9 Å². The molecule has 3 aromatic rings. The molecule has 0 spiro atoms. The first-order chi connectivity index (χ1) is 17.7. The third-order valence-electron chi connectivity index (χ3n) is 7.85. The molecule has 0 radical (unpaired) electrons. The number of ketones is 1. The number of hydrogen-bond acceptors (Lipinski definition) is 5. The van der Waals surface area contributed by atoms with Gasteiger partial charge < -0.3 is 19.7 Å². The number of halogens is 1. The van der Waals surface area contributed by atoms with Gasteiger partial charge in [0.15, 0.2) is 0 Å². The summed E-state index contributed by atoms with van der Waals surface area (Å²) in [4.78, 5) is 33.6. The number of amides is 1. The lowest BCUT2D eigenvalue weighted by molar-refractivity contribution is -0.120. The molecule has 0 bridgehead atoms. The van der Waals surface area contributed by atoms with Crippen LogP contribution >= 0.6 is 0 Å². The number of likely N-dealkylation sites (tertiary alicyclic amines) is 1. The Bertz CT molecular complexity index is 1330. The standard InChI is InChI=1S/C29H36FN5O2/c1-18(2)33(4)29(37)25-9-23(30)5-6-26(25)35-17-22(28-19(3)10-31-13-27(28)35)7-21-15-34(16-21)14-20-8-24(36)12-32-11-20/h5-6,9-10,13,17-18,20-21,32H,7-8,11-12,14-16H2,1-4H3. The molecule has 37 heavy (non-hydrogen) atoms. The molecule has 2 saturated heterocycles. The van der Waals surface area contributed by atoms with Gasteiger partial charge in [-0.05, 0) is 68.4 Å². The van der Waals surface area contributed by atoms with E-state index in [1.165, 1.54) is 17.7 Å². The molecule has 1 amide bonds. The Balaban J connectivity index is 1.41. The minimum atomic E-state index is -0.431. The van der Waals surface area contributed by atoms with Crippen LogP contribution in [0.5, 0.6) is 0 Å². The maximum Gasteiger partial charge on any atom is 0.256 e. The summed E-state index contributed by atoms with van der Waals surface area (Å²) in [5.41, 5.74) is 4.22. The highest BCUT2D eigenvalue weighted by Crippen LogP contribution is 2.32. The molecule has 7 nitrogen and oxygen atoms in total.